The second-order valence-electron chi connectivity index (χ2n) is 5.93. The molecule has 0 bridgehead atoms. The fourth-order valence-corrected chi connectivity index (χ4v) is 3.65. The van der Waals surface area contributed by atoms with Gasteiger partial charge in [0.15, 0.2) is 0 Å². The molecular weight excluding hydrogens is 240 g/mol. The van der Waals surface area contributed by atoms with Gasteiger partial charge in [0.2, 0.25) is 0 Å². The van der Waals surface area contributed by atoms with Gasteiger partial charge in [0.1, 0.15) is 6.04 Å². The van der Waals surface area contributed by atoms with Crippen LogP contribution in [0.1, 0.15) is 45.4 Å². The Kier molecular flexibility index (Phi) is 5.64. The zero-order valence-corrected chi connectivity index (χ0v) is 12.4. The number of esters is 1. The second-order valence-corrected chi connectivity index (χ2v) is 5.93. The summed E-state index contributed by atoms with van der Waals surface area (Å²) < 4.78 is 4.93. The summed E-state index contributed by atoms with van der Waals surface area (Å²) in [7, 11) is 1.48. The maximum absolute atomic E-state index is 11.9. The average Bonchev–Trinajstić information content (AvgIpc) is 2.86. The van der Waals surface area contributed by atoms with Crippen molar-refractivity contribution < 1.29 is 9.53 Å². The number of nitrogens with zero attached hydrogens (tertiary/aromatic N) is 1. The van der Waals surface area contributed by atoms with Gasteiger partial charge < -0.3 is 10.1 Å². The molecular formula is C15H28N2O2. The molecule has 0 aromatic carbocycles. The van der Waals surface area contributed by atoms with Crippen molar-refractivity contribution in [3.63, 3.8) is 0 Å². The van der Waals surface area contributed by atoms with E-state index in [1.807, 2.05) is 0 Å². The zero-order valence-electron chi connectivity index (χ0n) is 12.4. The van der Waals surface area contributed by atoms with E-state index in [9.17, 15) is 4.79 Å². The van der Waals surface area contributed by atoms with Gasteiger partial charge in [-0.3, -0.25) is 9.69 Å². The normalized spacial score (nSPS) is 28.9. The van der Waals surface area contributed by atoms with Gasteiger partial charge in [-0.2, -0.15) is 0 Å². The van der Waals surface area contributed by atoms with Gasteiger partial charge in [0.05, 0.1) is 7.11 Å². The van der Waals surface area contributed by atoms with E-state index in [4.69, 9.17) is 4.74 Å². The third-order valence-corrected chi connectivity index (χ3v) is 4.67. The molecule has 2 aliphatic rings. The van der Waals surface area contributed by atoms with Crippen molar-refractivity contribution in [1.29, 1.82) is 0 Å². The minimum Gasteiger partial charge on any atom is -0.468 e. The van der Waals surface area contributed by atoms with E-state index in [1.165, 1.54) is 39.2 Å². The van der Waals surface area contributed by atoms with Crippen molar-refractivity contribution in [2.24, 2.45) is 5.92 Å². The van der Waals surface area contributed by atoms with Crippen LogP contribution in [0.3, 0.4) is 0 Å². The van der Waals surface area contributed by atoms with Gasteiger partial charge >= 0.3 is 5.97 Å². The molecule has 1 N–H and O–H groups in total. The summed E-state index contributed by atoms with van der Waals surface area (Å²) in [6.45, 7) is 4.96. The molecule has 0 radical (unpaired) electrons. The van der Waals surface area contributed by atoms with E-state index in [2.05, 4.69) is 17.1 Å². The van der Waals surface area contributed by atoms with E-state index in [-0.39, 0.29) is 12.0 Å². The lowest BCUT2D eigenvalue weighted by molar-refractivity contribution is -0.143. The molecule has 2 rings (SSSR count). The van der Waals surface area contributed by atoms with Crippen LogP contribution < -0.4 is 5.32 Å². The van der Waals surface area contributed by atoms with Gasteiger partial charge in [-0.25, -0.2) is 0 Å². The van der Waals surface area contributed by atoms with Crippen LogP contribution in [-0.2, 0) is 9.53 Å². The number of ether oxygens (including phenoxy) is 1. The number of methoxy groups -OCH3 is 1. The summed E-state index contributed by atoms with van der Waals surface area (Å²) in [6.07, 6.45) is 7.79. The lowest BCUT2D eigenvalue weighted by Crippen LogP contribution is -2.49. The first-order valence-corrected chi connectivity index (χ1v) is 7.81. The molecule has 2 fully saturated rings. The molecule has 4 heteroatoms. The maximum Gasteiger partial charge on any atom is 0.324 e. The molecule has 3 unspecified atom stereocenters. The fourth-order valence-electron chi connectivity index (χ4n) is 3.65. The second kappa shape index (κ2) is 7.25. The predicted molar refractivity (Wildman–Crippen MR) is 76.0 cm³/mol. The number of rotatable bonds is 6. The summed E-state index contributed by atoms with van der Waals surface area (Å²) in [6, 6.07) is 0.551. The molecule has 1 saturated heterocycles. The highest BCUT2D eigenvalue weighted by molar-refractivity contribution is 5.75. The number of nitrogens with one attached hydrogen (secondary N) is 1. The first-order valence-electron chi connectivity index (χ1n) is 7.81. The van der Waals surface area contributed by atoms with Crippen LogP contribution in [0.5, 0.6) is 0 Å². The molecule has 110 valence electrons. The minimum atomic E-state index is -0.161. The highest BCUT2D eigenvalue weighted by Crippen LogP contribution is 2.36. The molecule has 3 atom stereocenters. The van der Waals surface area contributed by atoms with E-state index in [0.717, 1.165) is 32.0 Å². The number of carbonyl (C=O) groups excluding carboxylic acids is 1. The van der Waals surface area contributed by atoms with Crippen LogP contribution in [0.2, 0.25) is 0 Å². The van der Waals surface area contributed by atoms with Crippen molar-refractivity contribution in [2.75, 3.05) is 26.7 Å². The first-order chi connectivity index (χ1) is 9.26. The van der Waals surface area contributed by atoms with Gasteiger partial charge in [-0.1, -0.05) is 19.8 Å². The predicted octanol–water partition coefficient (Wildman–Crippen LogP) is 1.79. The summed E-state index contributed by atoms with van der Waals surface area (Å²) >= 11 is 0. The van der Waals surface area contributed by atoms with E-state index < -0.39 is 0 Å². The minimum absolute atomic E-state index is 0.118. The monoisotopic (exact) mass is 268 g/mol. The van der Waals surface area contributed by atoms with Gasteiger partial charge in [0.25, 0.3) is 0 Å². The lowest BCUT2D eigenvalue weighted by Gasteiger charge is -2.33. The van der Waals surface area contributed by atoms with Gasteiger partial charge in [0, 0.05) is 12.6 Å². The molecule has 1 heterocycles. The van der Waals surface area contributed by atoms with Crippen molar-refractivity contribution >= 4 is 5.97 Å². The fraction of sp³-hybridized carbons (Fsp3) is 0.933. The first kappa shape index (κ1) is 14.8. The van der Waals surface area contributed by atoms with Crippen LogP contribution in [-0.4, -0.2) is 49.7 Å². The summed E-state index contributed by atoms with van der Waals surface area (Å²) in [5, 5.41) is 3.33. The quantitative estimate of drug-likeness (QED) is 0.746. The van der Waals surface area contributed by atoms with Crippen LogP contribution in [0, 0.1) is 5.92 Å². The highest BCUT2D eigenvalue weighted by Gasteiger charge is 2.37. The molecule has 1 saturated carbocycles. The third kappa shape index (κ3) is 3.69. The Morgan fingerprint density at radius 1 is 1.37 bits per heavy atom. The van der Waals surface area contributed by atoms with Crippen molar-refractivity contribution in [2.45, 2.75) is 57.5 Å². The largest absolute Gasteiger partial charge is 0.468 e. The Morgan fingerprint density at radius 3 is 2.89 bits per heavy atom. The number of fused-ring (bicyclic) bond motifs is 1. The molecule has 4 nitrogen and oxygen atoms in total. The van der Waals surface area contributed by atoms with Crippen molar-refractivity contribution in [3.8, 4) is 0 Å². The Balaban J connectivity index is 1.90. The Bertz CT molecular complexity index is 296. The Labute approximate surface area is 116 Å². The topological polar surface area (TPSA) is 41.6 Å². The van der Waals surface area contributed by atoms with E-state index in [0.29, 0.717) is 6.04 Å². The van der Waals surface area contributed by atoms with Crippen LogP contribution in [0.15, 0.2) is 0 Å². The van der Waals surface area contributed by atoms with Gasteiger partial charge in [-0.05, 0) is 44.7 Å². The molecule has 0 aromatic heterocycles. The standard InChI is InChI=1S/C15H28N2O2/c1-3-9-16-13(15(18)19-2)11-17-10-8-12-6-4-5-7-14(12)17/h12-14,16H,3-11H2,1-2H3. The zero-order chi connectivity index (χ0) is 13.7. The molecule has 0 amide bonds. The lowest BCUT2D eigenvalue weighted by atomic mass is 9.85. The number of likely N-dealkylation sites (tertiary alicyclic amines) is 1. The molecule has 1 aliphatic carbocycles. The third-order valence-electron chi connectivity index (χ3n) is 4.67. The molecule has 19 heavy (non-hydrogen) atoms. The van der Waals surface area contributed by atoms with Crippen molar-refractivity contribution in [1.82, 2.24) is 10.2 Å². The SMILES string of the molecule is CCCNC(CN1CCC2CCCCC21)C(=O)OC. The Morgan fingerprint density at radius 2 is 2.16 bits per heavy atom. The summed E-state index contributed by atoms with van der Waals surface area (Å²) in [5.41, 5.74) is 0. The van der Waals surface area contributed by atoms with Crippen LogP contribution in [0.4, 0.5) is 0 Å². The summed E-state index contributed by atoms with van der Waals surface area (Å²) in [4.78, 5) is 14.4. The Hall–Kier alpha value is -0.610. The summed E-state index contributed by atoms with van der Waals surface area (Å²) in [5.74, 6) is 0.755. The highest BCUT2D eigenvalue weighted by atomic mass is 16.5. The van der Waals surface area contributed by atoms with Crippen LogP contribution in [0.25, 0.3) is 0 Å². The smallest absolute Gasteiger partial charge is 0.324 e. The number of carbonyl (C=O) groups is 1. The molecule has 1 aliphatic heterocycles. The molecule has 0 spiro atoms. The van der Waals surface area contributed by atoms with Gasteiger partial charge in [-0.15, -0.1) is 0 Å². The van der Waals surface area contributed by atoms with Crippen molar-refractivity contribution in [3.05, 3.63) is 0 Å². The average molecular weight is 268 g/mol. The number of hydrogen-bond acceptors (Lipinski definition) is 4. The van der Waals surface area contributed by atoms with E-state index in [1.54, 1.807) is 0 Å². The molecule has 0 aromatic rings. The van der Waals surface area contributed by atoms with E-state index >= 15 is 0 Å². The van der Waals surface area contributed by atoms with Crippen LogP contribution >= 0.6 is 0 Å². The maximum atomic E-state index is 11.9. The number of hydrogen-bond donors (Lipinski definition) is 1.